The average molecular weight is 386 g/mol. The maximum atomic E-state index is 9.31. The van der Waals surface area contributed by atoms with E-state index >= 15 is 0 Å². The van der Waals surface area contributed by atoms with E-state index in [2.05, 4.69) is 17.6 Å². The SMILES string of the molecule is CCNC(=NCC1(CCO)CCOC1)NCCSc1ccc(Cl)cc1. The highest BCUT2D eigenvalue weighted by molar-refractivity contribution is 7.99. The minimum Gasteiger partial charge on any atom is -0.396 e. The molecule has 1 saturated heterocycles. The molecule has 1 fully saturated rings. The van der Waals surface area contributed by atoms with Crippen molar-refractivity contribution in [1.82, 2.24) is 10.6 Å². The maximum Gasteiger partial charge on any atom is 0.191 e. The van der Waals surface area contributed by atoms with E-state index in [-0.39, 0.29) is 12.0 Å². The lowest BCUT2D eigenvalue weighted by Gasteiger charge is -2.24. The van der Waals surface area contributed by atoms with Crippen LogP contribution < -0.4 is 10.6 Å². The van der Waals surface area contributed by atoms with Gasteiger partial charge < -0.3 is 20.5 Å². The van der Waals surface area contributed by atoms with Gasteiger partial charge in [0.1, 0.15) is 0 Å². The van der Waals surface area contributed by atoms with E-state index in [0.29, 0.717) is 13.2 Å². The Morgan fingerprint density at radius 2 is 2.16 bits per heavy atom. The number of ether oxygens (including phenoxy) is 1. The quantitative estimate of drug-likeness (QED) is 0.264. The van der Waals surface area contributed by atoms with E-state index in [1.165, 1.54) is 4.90 Å². The molecule has 1 heterocycles. The number of thioether (sulfide) groups is 1. The molecule has 1 aromatic carbocycles. The predicted octanol–water partition coefficient (Wildman–Crippen LogP) is 2.78. The summed E-state index contributed by atoms with van der Waals surface area (Å²) < 4.78 is 5.53. The normalized spacial score (nSPS) is 20.7. The molecule has 0 aliphatic carbocycles. The summed E-state index contributed by atoms with van der Waals surface area (Å²) in [5.41, 5.74) is -0.0187. The fourth-order valence-electron chi connectivity index (χ4n) is 2.75. The van der Waals surface area contributed by atoms with Gasteiger partial charge in [-0.25, -0.2) is 0 Å². The van der Waals surface area contributed by atoms with Crippen LogP contribution in [0.25, 0.3) is 0 Å². The summed E-state index contributed by atoms with van der Waals surface area (Å²) in [7, 11) is 0. The number of nitrogens with zero attached hydrogens (tertiary/aromatic N) is 1. The summed E-state index contributed by atoms with van der Waals surface area (Å²) in [6, 6.07) is 7.89. The largest absolute Gasteiger partial charge is 0.396 e. The molecule has 1 aliphatic heterocycles. The predicted molar refractivity (Wildman–Crippen MR) is 106 cm³/mol. The molecular formula is C18H28ClN3O2S. The molecule has 140 valence electrons. The second-order valence-electron chi connectivity index (χ2n) is 6.20. The lowest BCUT2D eigenvalue weighted by molar-refractivity contribution is 0.131. The van der Waals surface area contributed by atoms with Crippen molar-refractivity contribution < 1.29 is 9.84 Å². The summed E-state index contributed by atoms with van der Waals surface area (Å²) in [4.78, 5) is 5.93. The number of rotatable bonds is 9. The van der Waals surface area contributed by atoms with Crippen LogP contribution in [0.15, 0.2) is 34.2 Å². The van der Waals surface area contributed by atoms with Gasteiger partial charge in [0.25, 0.3) is 0 Å². The van der Waals surface area contributed by atoms with Crippen LogP contribution in [0.3, 0.4) is 0 Å². The van der Waals surface area contributed by atoms with Crippen molar-refractivity contribution in [2.75, 3.05) is 45.2 Å². The third-order valence-electron chi connectivity index (χ3n) is 4.22. The van der Waals surface area contributed by atoms with Gasteiger partial charge in [0.05, 0.1) is 13.2 Å². The third kappa shape index (κ3) is 7.05. The van der Waals surface area contributed by atoms with E-state index in [9.17, 15) is 5.11 Å². The topological polar surface area (TPSA) is 65.9 Å². The highest BCUT2D eigenvalue weighted by atomic mass is 35.5. The fraction of sp³-hybridized carbons (Fsp3) is 0.611. The first kappa shape index (κ1) is 20.4. The second kappa shape index (κ2) is 10.9. The van der Waals surface area contributed by atoms with Gasteiger partial charge in [0, 0.05) is 47.4 Å². The van der Waals surface area contributed by atoms with Crippen molar-refractivity contribution in [3.8, 4) is 0 Å². The zero-order chi connectivity index (χ0) is 18.0. The van der Waals surface area contributed by atoms with Crippen LogP contribution in [0.4, 0.5) is 0 Å². The zero-order valence-electron chi connectivity index (χ0n) is 14.8. The lowest BCUT2D eigenvalue weighted by Crippen LogP contribution is -2.39. The van der Waals surface area contributed by atoms with Crippen LogP contribution in [0.2, 0.25) is 5.02 Å². The summed E-state index contributed by atoms with van der Waals surface area (Å²) >= 11 is 7.68. The van der Waals surface area contributed by atoms with Crippen LogP contribution in [-0.4, -0.2) is 56.3 Å². The van der Waals surface area contributed by atoms with Crippen molar-refractivity contribution in [3.63, 3.8) is 0 Å². The molecule has 1 atom stereocenters. The molecule has 25 heavy (non-hydrogen) atoms. The third-order valence-corrected chi connectivity index (χ3v) is 5.49. The van der Waals surface area contributed by atoms with Gasteiger partial charge in [0.15, 0.2) is 5.96 Å². The molecule has 5 nitrogen and oxygen atoms in total. The van der Waals surface area contributed by atoms with Crippen molar-refractivity contribution >= 4 is 29.3 Å². The van der Waals surface area contributed by atoms with E-state index in [0.717, 1.165) is 49.3 Å². The number of benzene rings is 1. The summed E-state index contributed by atoms with van der Waals surface area (Å²) in [6.07, 6.45) is 1.70. The summed E-state index contributed by atoms with van der Waals surface area (Å²) in [6.45, 7) is 6.00. The number of halogens is 1. The van der Waals surface area contributed by atoms with Gasteiger partial charge in [-0.3, -0.25) is 4.99 Å². The molecular weight excluding hydrogens is 358 g/mol. The Morgan fingerprint density at radius 1 is 1.36 bits per heavy atom. The molecule has 0 aromatic heterocycles. The van der Waals surface area contributed by atoms with Crippen LogP contribution in [0.5, 0.6) is 0 Å². The van der Waals surface area contributed by atoms with Crippen molar-refractivity contribution in [2.45, 2.75) is 24.7 Å². The molecule has 0 bridgehead atoms. The Morgan fingerprint density at radius 3 is 2.80 bits per heavy atom. The minimum atomic E-state index is -0.0187. The molecule has 0 saturated carbocycles. The van der Waals surface area contributed by atoms with Crippen molar-refractivity contribution in [1.29, 1.82) is 0 Å². The number of aliphatic imine (C=N–C) groups is 1. The number of hydrogen-bond donors (Lipinski definition) is 3. The lowest BCUT2D eigenvalue weighted by atomic mass is 9.84. The maximum absolute atomic E-state index is 9.31. The minimum absolute atomic E-state index is 0.0187. The van der Waals surface area contributed by atoms with Crippen LogP contribution in [0, 0.1) is 5.41 Å². The molecule has 0 radical (unpaired) electrons. The van der Waals surface area contributed by atoms with Gasteiger partial charge in [-0.1, -0.05) is 11.6 Å². The summed E-state index contributed by atoms with van der Waals surface area (Å²) in [5, 5.41) is 16.7. The number of aliphatic hydroxyl groups is 1. The number of hydrogen-bond acceptors (Lipinski definition) is 4. The Kier molecular flexibility index (Phi) is 8.89. The summed E-state index contributed by atoms with van der Waals surface area (Å²) in [5.74, 6) is 1.76. The monoisotopic (exact) mass is 385 g/mol. The van der Waals surface area contributed by atoms with Crippen LogP contribution in [0.1, 0.15) is 19.8 Å². The first-order valence-corrected chi connectivity index (χ1v) is 10.1. The van der Waals surface area contributed by atoms with Crippen LogP contribution >= 0.6 is 23.4 Å². The van der Waals surface area contributed by atoms with E-state index in [1.54, 1.807) is 11.8 Å². The molecule has 1 aliphatic rings. The van der Waals surface area contributed by atoms with Gasteiger partial charge in [0.2, 0.25) is 0 Å². The van der Waals surface area contributed by atoms with Crippen molar-refractivity contribution in [3.05, 3.63) is 29.3 Å². The zero-order valence-corrected chi connectivity index (χ0v) is 16.3. The molecule has 1 aromatic rings. The highest BCUT2D eigenvalue weighted by Gasteiger charge is 2.34. The number of nitrogens with one attached hydrogen (secondary N) is 2. The first-order valence-electron chi connectivity index (χ1n) is 8.76. The Bertz CT molecular complexity index is 534. The van der Waals surface area contributed by atoms with Gasteiger partial charge in [-0.15, -0.1) is 11.8 Å². The van der Waals surface area contributed by atoms with E-state index in [4.69, 9.17) is 21.3 Å². The highest BCUT2D eigenvalue weighted by Crippen LogP contribution is 2.32. The molecule has 3 N–H and O–H groups in total. The van der Waals surface area contributed by atoms with Crippen molar-refractivity contribution in [2.24, 2.45) is 10.4 Å². The fourth-order valence-corrected chi connectivity index (χ4v) is 3.64. The Hall–Kier alpha value is -0.950. The average Bonchev–Trinajstić information content (AvgIpc) is 3.07. The molecule has 1 unspecified atom stereocenters. The number of guanidine groups is 1. The molecule has 0 amide bonds. The Balaban J connectivity index is 1.79. The second-order valence-corrected chi connectivity index (χ2v) is 7.81. The van der Waals surface area contributed by atoms with Gasteiger partial charge >= 0.3 is 0 Å². The molecule has 7 heteroatoms. The standard InChI is InChI=1S/C18H28ClN3O2S/c1-2-20-17(22-13-18(7-10-23)8-11-24-14-18)21-9-12-25-16-5-3-15(19)4-6-16/h3-6,23H,2,7-14H2,1H3,(H2,20,21,22). The Labute approximate surface area is 159 Å². The smallest absolute Gasteiger partial charge is 0.191 e. The van der Waals surface area contributed by atoms with Gasteiger partial charge in [-0.2, -0.15) is 0 Å². The number of aliphatic hydroxyl groups excluding tert-OH is 1. The van der Waals surface area contributed by atoms with E-state index in [1.807, 2.05) is 24.3 Å². The molecule has 0 spiro atoms. The van der Waals surface area contributed by atoms with Gasteiger partial charge in [-0.05, 0) is 44.0 Å². The van der Waals surface area contributed by atoms with Crippen LogP contribution in [-0.2, 0) is 4.74 Å². The first-order chi connectivity index (χ1) is 12.2. The molecule has 2 rings (SSSR count). The van der Waals surface area contributed by atoms with E-state index < -0.39 is 0 Å².